The first-order valence-electron chi connectivity index (χ1n) is 5.67. The fraction of sp³-hybridized carbons (Fsp3) is 0.583. The molecular formula is C12H16BrNOS. The number of thiophene rings is 1. The smallest absolute Gasteiger partial charge is 0.171 e. The molecule has 88 valence electrons. The van der Waals surface area contributed by atoms with Gasteiger partial charge in [-0.25, -0.2) is 0 Å². The van der Waals surface area contributed by atoms with Gasteiger partial charge in [0.05, 0.1) is 0 Å². The van der Waals surface area contributed by atoms with Crippen LogP contribution in [0.25, 0.3) is 0 Å². The first-order chi connectivity index (χ1) is 7.69. The molecule has 1 aromatic heterocycles. The van der Waals surface area contributed by atoms with Crippen LogP contribution < -0.4 is 5.32 Å². The van der Waals surface area contributed by atoms with Gasteiger partial charge in [0.25, 0.3) is 0 Å². The molecule has 1 aliphatic heterocycles. The molecule has 2 rings (SSSR count). The second-order valence-electron chi connectivity index (χ2n) is 4.35. The molecular weight excluding hydrogens is 286 g/mol. The molecule has 4 heteroatoms. The summed E-state index contributed by atoms with van der Waals surface area (Å²) in [5.74, 6) is 0.324. The summed E-state index contributed by atoms with van der Waals surface area (Å²) < 4.78 is 0.953. The van der Waals surface area contributed by atoms with Gasteiger partial charge in [-0.05, 0) is 48.3 Å². The first kappa shape index (κ1) is 12.3. The Morgan fingerprint density at radius 2 is 2.19 bits per heavy atom. The molecule has 0 saturated carbocycles. The molecule has 1 N–H and O–H groups in total. The molecule has 0 unspecified atom stereocenters. The van der Waals surface area contributed by atoms with E-state index < -0.39 is 0 Å². The van der Waals surface area contributed by atoms with Crippen molar-refractivity contribution < 1.29 is 4.79 Å². The van der Waals surface area contributed by atoms with E-state index in [1.165, 1.54) is 0 Å². The van der Waals surface area contributed by atoms with E-state index >= 15 is 0 Å². The molecule has 2 nitrogen and oxygen atoms in total. The van der Waals surface area contributed by atoms with Crippen LogP contribution in [0.5, 0.6) is 0 Å². The Kier molecular flexibility index (Phi) is 3.82. The van der Waals surface area contributed by atoms with E-state index in [4.69, 9.17) is 0 Å². The minimum Gasteiger partial charge on any atom is -0.317 e. The van der Waals surface area contributed by atoms with E-state index in [-0.39, 0.29) is 5.41 Å². The highest BCUT2D eigenvalue weighted by Gasteiger charge is 2.38. The number of Topliss-reactive ketones (excluding diaryl/α,β-unsaturated/α-hetero) is 1. The minimum atomic E-state index is -0.130. The second-order valence-corrected chi connectivity index (χ2v) is 5.94. The van der Waals surface area contributed by atoms with E-state index in [1.54, 1.807) is 11.3 Å². The van der Waals surface area contributed by atoms with E-state index in [0.717, 1.165) is 42.4 Å². The Morgan fingerprint density at radius 1 is 1.50 bits per heavy atom. The van der Waals surface area contributed by atoms with E-state index in [9.17, 15) is 4.79 Å². The second kappa shape index (κ2) is 4.98. The van der Waals surface area contributed by atoms with Crippen LogP contribution >= 0.6 is 27.3 Å². The molecule has 0 aliphatic carbocycles. The maximum Gasteiger partial charge on any atom is 0.171 e. The fourth-order valence-electron chi connectivity index (χ4n) is 2.38. The molecule has 1 aliphatic rings. The van der Waals surface area contributed by atoms with Gasteiger partial charge in [-0.2, -0.15) is 11.3 Å². The van der Waals surface area contributed by atoms with Crippen LogP contribution in [0.1, 0.15) is 36.5 Å². The summed E-state index contributed by atoms with van der Waals surface area (Å²) >= 11 is 5.05. The third-order valence-corrected chi connectivity index (χ3v) is 5.28. The molecule has 1 fully saturated rings. The highest BCUT2D eigenvalue weighted by molar-refractivity contribution is 9.10. The monoisotopic (exact) mass is 301 g/mol. The minimum absolute atomic E-state index is 0.130. The quantitative estimate of drug-likeness (QED) is 0.866. The Labute approximate surface area is 109 Å². The van der Waals surface area contributed by atoms with Gasteiger partial charge in [0.1, 0.15) is 0 Å². The first-order valence-corrected chi connectivity index (χ1v) is 7.40. The van der Waals surface area contributed by atoms with Crippen molar-refractivity contribution >= 4 is 33.0 Å². The van der Waals surface area contributed by atoms with Gasteiger partial charge >= 0.3 is 0 Å². The number of hydrogen-bond donors (Lipinski definition) is 1. The summed E-state index contributed by atoms with van der Waals surface area (Å²) in [5, 5.41) is 7.28. The van der Waals surface area contributed by atoms with Crippen LogP contribution in [-0.4, -0.2) is 18.9 Å². The average Bonchev–Trinajstić information content (AvgIpc) is 2.75. The lowest BCUT2D eigenvalue weighted by Crippen LogP contribution is -2.41. The third kappa shape index (κ3) is 2.11. The summed E-state index contributed by atoms with van der Waals surface area (Å²) in [4.78, 5) is 12.6. The molecule has 0 aromatic carbocycles. The molecule has 0 atom stereocenters. The molecule has 0 spiro atoms. The summed E-state index contributed by atoms with van der Waals surface area (Å²) in [6.07, 6.45) is 2.87. The van der Waals surface area contributed by atoms with Gasteiger partial charge in [0.15, 0.2) is 5.78 Å². The zero-order chi connectivity index (χ0) is 11.6. The maximum atomic E-state index is 12.6. The lowest BCUT2D eigenvalue weighted by atomic mass is 9.72. The summed E-state index contributed by atoms with van der Waals surface area (Å²) in [5.41, 5.74) is 0.739. The molecule has 0 radical (unpaired) electrons. The Balaban J connectivity index is 2.28. The van der Waals surface area contributed by atoms with Crippen LogP contribution in [0.2, 0.25) is 0 Å². The SMILES string of the molecule is CCC1(C(=O)c2cscc2Br)CCNCC1. The number of carbonyl (C=O) groups is 1. The van der Waals surface area contributed by atoms with Crippen LogP contribution in [0, 0.1) is 5.41 Å². The predicted molar refractivity (Wildman–Crippen MR) is 71.2 cm³/mol. The Hall–Kier alpha value is -0.190. The lowest BCUT2D eigenvalue weighted by Gasteiger charge is -2.35. The average molecular weight is 302 g/mol. The van der Waals surface area contributed by atoms with Gasteiger partial charge in [0.2, 0.25) is 0 Å². The molecule has 16 heavy (non-hydrogen) atoms. The number of halogens is 1. The Morgan fingerprint density at radius 3 is 2.69 bits per heavy atom. The van der Waals surface area contributed by atoms with Gasteiger partial charge in [-0.1, -0.05) is 6.92 Å². The molecule has 2 heterocycles. The molecule has 0 amide bonds. The number of piperidine rings is 1. The summed E-state index contributed by atoms with van der Waals surface area (Å²) in [6, 6.07) is 0. The normalized spacial score (nSPS) is 19.6. The van der Waals surface area contributed by atoms with E-state index in [2.05, 4.69) is 28.2 Å². The zero-order valence-corrected chi connectivity index (χ0v) is 11.8. The summed E-state index contributed by atoms with van der Waals surface area (Å²) in [7, 11) is 0. The zero-order valence-electron chi connectivity index (χ0n) is 9.38. The highest BCUT2D eigenvalue weighted by Crippen LogP contribution is 2.38. The number of carbonyl (C=O) groups excluding carboxylic acids is 1. The van der Waals surface area contributed by atoms with Gasteiger partial charge in [-0.3, -0.25) is 4.79 Å². The number of nitrogens with one attached hydrogen (secondary N) is 1. The van der Waals surface area contributed by atoms with E-state index in [0.29, 0.717) is 5.78 Å². The van der Waals surface area contributed by atoms with Crippen molar-refractivity contribution in [1.29, 1.82) is 0 Å². The van der Waals surface area contributed by atoms with Gasteiger partial charge < -0.3 is 5.32 Å². The number of hydrogen-bond acceptors (Lipinski definition) is 3. The van der Waals surface area contributed by atoms with Crippen LogP contribution in [0.4, 0.5) is 0 Å². The van der Waals surface area contributed by atoms with Crippen LogP contribution in [-0.2, 0) is 0 Å². The van der Waals surface area contributed by atoms with Crippen molar-refractivity contribution in [2.45, 2.75) is 26.2 Å². The van der Waals surface area contributed by atoms with Crippen molar-refractivity contribution in [3.8, 4) is 0 Å². The van der Waals surface area contributed by atoms with Gasteiger partial charge in [-0.15, -0.1) is 0 Å². The van der Waals surface area contributed by atoms with Crippen molar-refractivity contribution in [3.05, 3.63) is 20.8 Å². The third-order valence-electron chi connectivity index (χ3n) is 3.58. The highest BCUT2D eigenvalue weighted by atomic mass is 79.9. The fourth-order valence-corrected chi connectivity index (χ4v) is 3.83. The van der Waals surface area contributed by atoms with Crippen molar-refractivity contribution in [2.24, 2.45) is 5.41 Å². The lowest BCUT2D eigenvalue weighted by molar-refractivity contribution is 0.0717. The standard InChI is InChI=1S/C12H16BrNOS/c1-2-12(3-5-14-6-4-12)11(15)9-7-16-8-10(9)13/h7-8,14H,2-6H2,1H3. The van der Waals surface area contributed by atoms with Crippen molar-refractivity contribution in [1.82, 2.24) is 5.32 Å². The van der Waals surface area contributed by atoms with Crippen LogP contribution in [0.3, 0.4) is 0 Å². The van der Waals surface area contributed by atoms with E-state index in [1.807, 2.05) is 10.8 Å². The predicted octanol–water partition coefficient (Wildman–Crippen LogP) is 3.47. The topological polar surface area (TPSA) is 29.1 Å². The largest absolute Gasteiger partial charge is 0.317 e. The van der Waals surface area contributed by atoms with Crippen molar-refractivity contribution in [3.63, 3.8) is 0 Å². The molecule has 1 aromatic rings. The van der Waals surface area contributed by atoms with Crippen LogP contribution in [0.15, 0.2) is 15.2 Å². The van der Waals surface area contributed by atoms with Gasteiger partial charge in [0, 0.05) is 26.2 Å². The number of rotatable bonds is 3. The van der Waals surface area contributed by atoms with Crippen molar-refractivity contribution in [2.75, 3.05) is 13.1 Å². The molecule has 0 bridgehead atoms. The number of ketones is 1. The summed E-state index contributed by atoms with van der Waals surface area (Å²) in [6.45, 7) is 4.05. The Bertz CT molecular complexity index is 382. The maximum absolute atomic E-state index is 12.6. The molecule has 1 saturated heterocycles.